The number of halogens is 3. The number of rotatable bonds is 2. The molecule has 96 valence electrons. The molecule has 0 aliphatic carbocycles. The standard InChI is InChI=1S/C11H6BrCl2N5/c12-7-2-1-5(3-8(7)13)16-9-6-4-15-19-10(6)18-11(14)17-9/h1-4H,(H2,15,16,17,18,19). The molecular formula is C11H6BrCl2N5. The summed E-state index contributed by atoms with van der Waals surface area (Å²) < 4.78 is 0.828. The number of aromatic amines is 1. The van der Waals surface area contributed by atoms with Crippen molar-refractivity contribution in [3.63, 3.8) is 0 Å². The van der Waals surface area contributed by atoms with Crippen LogP contribution in [0.1, 0.15) is 0 Å². The normalized spacial score (nSPS) is 10.9. The highest BCUT2D eigenvalue weighted by Crippen LogP contribution is 2.29. The van der Waals surface area contributed by atoms with Crippen molar-refractivity contribution in [1.29, 1.82) is 0 Å². The minimum atomic E-state index is 0.141. The van der Waals surface area contributed by atoms with Gasteiger partial charge in [0.15, 0.2) is 5.65 Å². The van der Waals surface area contributed by atoms with Crippen LogP contribution in [0.3, 0.4) is 0 Å². The molecule has 0 amide bonds. The van der Waals surface area contributed by atoms with Gasteiger partial charge in [0.1, 0.15) is 5.82 Å². The first-order valence-corrected chi connectivity index (χ1v) is 6.77. The lowest BCUT2D eigenvalue weighted by Crippen LogP contribution is -1.96. The maximum absolute atomic E-state index is 6.04. The fourth-order valence-corrected chi connectivity index (χ4v) is 2.21. The van der Waals surface area contributed by atoms with E-state index in [1.165, 1.54) is 0 Å². The molecular weight excluding hydrogens is 353 g/mol. The zero-order chi connectivity index (χ0) is 13.4. The third-order valence-electron chi connectivity index (χ3n) is 2.46. The van der Waals surface area contributed by atoms with Crippen LogP contribution in [0.2, 0.25) is 10.3 Å². The first-order valence-electron chi connectivity index (χ1n) is 5.22. The number of nitrogens with zero attached hydrogens (tertiary/aromatic N) is 3. The molecule has 2 aromatic heterocycles. The maximum Gasteiger partial charge on any atom is 0.226 e. The number of H-pyrrole nitrogens is 1. The molecule has 0 unspecified atom stereocenters. The van der Waals surface area contributed by atoms with E-state index in [4.69, 9.17) is 23.2 Å². The average molecular weight is 359 g/mol. The molecule has 3 aromatic rings. The molecule has 0 aliphatic heterocycles. The second-order valence-corrected chi connectivity index (χ2v) is 5.33. The van der Waals surface area contributed by atoms with Crippen molar-refractivity contribution in [2.24, 2.45) is 0 Å². The van der Waals surface area contributed by atoms with Gasteiger partial charge in [0.2, 0.25) is 5.28 Å². The Hall–Kier alpha value is -1.37. The van der Waals surface area contributed by atoms with Crippen molar-refractivity contribution in [2.45, 2.75) is 0 Å². The van der Waals surface area contributed by atoms with Gasteiger partial charge in [0.05, 0.1) is 16.6 Å². The monoisotopic (exact) mass is 357 g/mol. The fourth-order valence-electron chi connectivity index (χ4n) is 1.61. The Bertz CT molecular complexity index is 758. The molecule has 0 fully saturated rings. The zero-order valence-electron chi connectivity index (χ0n) is 9.28. The van der Waals surface area contributed by atoms with E-state index in [-0.39, 0.29) is 5.28 Å². The van der Waals surface area contributed by atoms with Crippen LogP contribution in [-0.4, -0.2) is 20.2 Å². The molecule has 0 bridgehead atoms. The summed E-state index contributed by atoms with van der Waals surface area (Å²) in [6.45, 7) is 0. The van der Waals surface area contributed by atoms with Gasteiger partial charge >= 0.3 is 0 Å². The summed E-state index contributed by atoms with van der Waals surface area (Å²) in [6.07, 6.45) is 1.63. The molecule has 3 rings (SSSR count). The van der Waals surface area contributed by atoms with Gasteiger partial charge in [0, 0.05) is 10.2 Å². The van der Waals surface area contributed by atoms with Crippen molar-refractivity contribution < 1.29 is 0 Å². The first-order chi connectivity index (χ1) is 9.13. The Morgan fingerprint density at radius 1 is 1.21 bits per heavy atom. The molecule has 0 saturated heterocycles. The van der Waals surface area contributed by atoms with Crippen LogP contribution in [0.25, 0.3) is 11.0 Å². The number of aromatic nitrogens is 4. The highest BCUT2D eigenvalue weighted by Gasteiger charge is 2.09. The first kappa shape index (κ1) is 12.7. The minimum Gasteiger partial charge on any atom is -0.339 e. The van der Waals surface area contributed by atoms with Crippen molar-refractivity contribution >= 4 is 61.7 Å². The smallest absolute Gasteiger partial charge is 0.226 e. The van der Waals surface area contributed by atoms with Gasteiger partial charge in [-0.15, -0.1) is 0 Å². The highest BCUT2D eigenvalue weighted by atomic mass is 79.9. The van der Waals surface area contributed by atoms with Crippen molar-refractivity contribution in [3.05, 3.63) is 39.2 Å². The second-order valence-electron chi connectivity index (χ2n) is 3.73. The van der Waals surface area contributed by atoms with Gasteiger partial charge in [-0.3, -0.25) is 5.10 Å². The third-order valence-corrected chi connectivity index (χ3v) is 3.87. The predicted molar refractivity (Wildman–Crippen MR) is 79.1 cm³/mol. The van der Waals surface area contributed by atoms with Gasteiger partial charge in [-0.05, 0) is 45.7 Å². The molecule has 2 heterocycles. The van der Waals surface area contributed by atoms with E-state index in [0.717, 1.165) is 15.5 Å². The molecule has 0 radical (unpaired) electrons. The Kier molecular flexibility index (Phi) is 3.30. The van der Waals surface area contributed by atoms with Crippen LogP contribution >= 0.6 is 39.1 Å². The number of anilines is 2. The number of fused-ring (bicyclic) bond motifs is 1. The lowest BCUT2D eigenvalue weighted by atomic mass is 10.3. The summed E-state index contributed by atoms with van der Waals surface area (Å²) in [6, 6.07) is 5.51. The van der Waals surface area contributed by atoms with Crippen molar-refractivity contribution in [2.75, 3.05) is 5.32 Å². The Morgan fingerprint density at radius 2 is 2.05 bits per heavy atom. The molecule has 0 aliphatic rings. The number of benzene rings is 1. The van der Waals surface area contributed by atoms with Crippen LogP contribution in [0, 0.1) is 0 Å². The van der Waals surface area contributed by atoms with E-state index in [2.05, 4.69) is 41.4 Å². The number of hydrogen-bond acceptors (Lipinski definition) is 4. The maximum atomic E-state index is 6.04. The summed E-state index contributed by atoms with van der Waals surface area (Å²) >= 11 is 15.2. The summed E-state index contributed by atoms with van der Waals surface area (Å²) in [5.41, 5.74) is 1.37. The summed E-state index contributed by atoms with van der Waals surface area (Å²) in [4.78, 5) is 8.18. The van der Waals surface area contributed by atoms with Gasteiger partial charge in [-0.25, -0.2) is 0 Å². The Morgan fingerprint density at radius 3 is 2.84 bits per heavy atom. The quantitative estimate of drug-likeness (QED) is 0.675. The minimum absolute atomic E-state index is 0.141. The fraction of sp³-hybridized carbons (Fsp3) is 0. The molecule has 2 N–H and O–H groups in total. The molecule has 5 nitrogen and oxygen atoms in total. The van der Waals surface area contributed by atoms with Crippen LogP contribution in [0.15, 0.2) is 28.9 Å². The van der Waals surface area contributed by atoms with Crippen LogP contribution < -0.4 is 5.32 Å². The Labute approximate surface area is 126 Å². The van der Waals surface area contributed by atoms with Crippen molar-refractivity contribution in [3.8, 4) is 0 Å². The Balaban J connectivity index is 2.04. The van der Waals surface area contributed by atoms with E-state index in [0.29, 0.717) is 16.5 Å². The van der Waals surface area contributed by atoms with Crippen LogP contribution in [0.4, 0.5) is 11.5 Å². The van der Waals surface area contributed by atoms with Gasteiger partial charge in [-0.1, -0.05) is 11.6 Å². The topological polar surface area (TPSA) is 66.5 Å². The van der Waals surface area contributed by atoms with E-state index in [1.54, 1.807) is 12.3 Å². The van der Waals surface area contributed by atoms with Gasteiger partial charge < -0.3 is 5.32 Å². The van der Waals surface area contributed by atoms with Gasteiger partial charge in [-0.2, -0.15) is 15.1 Å². The average Bonchev–Trinajstić information content (AvgIpc) is 2.82. The van der Waals surface area contributed by atoms with Crippen molar-refractivity contribution in [1.82, 2.24) is 20.2 Å². The highest BCUT2D eigenvalue weighted by molar-refractivity contribution is 9.10. The number of nitrogens with one attached hydrogen (secondary N) is 2. The lowest BCUT2D eigenvalue weighted by molar-refractivity contribution is 1.09. The number of hydrogen-bond donors (Lipinski definition) is 2. The summed E-state index contributed by atoms with van der Waals surface area (Å²) in [5.74, 6) is 0.571. The van der Waals surface area contributed by atoms with Crippen LogP contribution in [-0.2, 0) is 0 Å². The van der Waals surface area contributed by atoms with Crippen LogP contribution in [0.5, 0.6) is 0 Å². The SMILES string of the molecule is Clc1nc(Nc2ccc(Br)c(Cl)c2)c2cn[nH]c2n1. The third kappa shape index (κ3) is 2.51. The molecule has 0 saturated carbocycles. The molecule has 0 spiro atoms. The van der Waals surface area contributed by atoms with Gasteiger partial charge in [0.25, 0.3) is 0 Å². The second kappa shape index (κ2) is 4.96. The van der Waals surface area contributed by atoms with E-state index >= 15 is 0 Å². The molecule has 8 heteroatoms. The molecule has 19 heavy (non-hydrogen) atoms. The summed E-state index contributed by atoms with van der Waals surface area (Å²) in [7, 11) is 0. The lowest BCUT2D eigenvalue weighted by Gasteiger charge is -2.07. The van der Waals surface area contributed by atoms with E-state index < -0.39 is 0 Å². The summed E-state index contributed by atoms with van der Waals surface area (Å²) in [5, 5.41) is 11.3. The van der Waals surface area contributed by atoms with E-state index in [1.807, 2.05) is 12.1 Å². The largest absolute Gasteiger partial charge is 0.339 e. The molecule has 1 aromatic carbocycles. The predicted octanol–water partition coefficient (Wildman–Crippen LogP) is 4.17. The van der Waals surface area contributed by atoms with E-state index in [9.17, 15) is 0 Å². The molecule has 0 atom stereocenters. The zero-order valence-corrected chi connectivity index (χ0v) is 12.4.